The summed E-state index contributed by atoms with van der Waals surface area (Å²) in [6.07, 6.45) is -0.599. The second-order valence-electron chi connectivity index (χ2n) is 6.13. The summed E-state index contributed by atoms with van der Waals surface area (Å²) in [5.41, 5.74) is 0.721. The van der Waals surface area contributed by atoms with E-state index in [0.29, 0.717) is 13.1 Å². The number of hydrogen-bond acceptors (Lipinski definition) is 3. The zero-order chi connectivity index (χ0) is 14.8. The van der Waals surface area contributed by atoms with Gasteiger partial charge in [-0.1, -0.05) is 18.2 Å². The highest BCUT2D eigenvalue weighted by molar-refractivity contribution is 5.78. The molecule has 0 radical (unpaired) electrons. The van der Waals surface area contributed by atoms with Crippen LogP contribution in [-0.4, -0.2) is 27.9 Å². The molecular formula is C16H22N2O2. The lowest BCUT2D eigenvalue weighted by Gasteiger charge is -2.23. The van der Waals surface area contributed by atoms with E-state index in [-0.39, 0.29) is 11.1 Å². The highest BCUT2D eigenvalue weighted by Crippen LogP contribution is 2.11. The van der Waals surface area contributed by atoms with Gasteiger partial charge in [-0.3, -0.25) is 4.79 Å². The summed E-state index contributed by atoms with van der Waals surface area (Å²) in [4.78, 5) is 12.0. The first-order chi connectivity index (χ1) is 9.37. The Morgan fingerprint density at radius 3 is 2.60 bits per heavy atom. The minimum atomic E-state index is -0.599. The highest BCUT2D eigenvalue weighted by Gasteiger charge is 2.13. The standard InChI is InChI=1S/C16H22N2O2/c1-16(2,3)17-10-13(19)11-18-14-7-5-4-6-12(14)8-9-15(18)20/h4-9,13,17,19H,10-11H2,1-3H3. The van der Waals surface area contributed by atoms with Crippen molar-refractivity contribution < 1.29 is 5.11 Å². The number of benzene rings is 1. The van der Waals surface area contributed by atoms with Crippen LogP contribution in [0.25, 0.3) is 10.9 Å². The minimum absolute atomic E-state index is 0.0509. The van der Waals surface area contributed by atoms with Crippen LogP contribution in [0.15, 0.2) is 41.2 Å². The number of pyridine rings is 1. The van der Waals surface area contributed by atoms with Crippen molar-refractivity contribution in [2.24, 2.45) is 0 Å². The van der Waals surface area contributed by atoms with Crippen LogP contribution in [-0.2, 0) is 6.54 Å². The first-order valence-corrected chi connectivity index (χ1v) is 6.88. The number of β-amino-alcohol motifs (C(OH)–C–C–N with tert-alkyl or cyclic N) is 1. The van der Waals surface area contributed by atoms with Crippen LogP contribution < -0.4 is 10.9 Å². The molecule has 1 aromatic heterocycles. The molecule has 0 aliphatic heterocycles. The molecule has 1 heterocycles. The Hall–Kier alpha value is -1.65. The number of aliphatic hydroxyl groups is 1. The molecule has 0 bridgehead atoms. The molecule has 0 saturated carbocycles. The van der Waals surface area contributed by atoms with E-state index in [1.54, 1.807) is 10.6 Å². The number of hydrogen-bond donors (Lipinski definition) is 2. The number of rotatable bonds is 4. The van der Waals surface area contributed by atoms with E-state index in [2.05, 4.69) is 5.32 Å². The SMILES string of the molecule is CC(C)(C)NCC(O)Cn1c(=O)ccc2ccccc21. The molecule has 0 amide bonds. The number of nitrogens with zero attached hydrogens (tertiary/aromatic N) is 1. The quantitative estimate of drug-likeness (QED) is 0.893. The summed E-state index contributed by atoms with van der Waals surface area (Å²) >= 11 is 0. The second-order valence-corrected chi connectivity index (χ2v) is 6.13. The smallest absolute Gasteiger partial charge is 0.251 e. The van der Waals surface area contributed by atoms with Crippen LogP contribution in [0.2, 0.25) is 0 Å². The van der Waals surface area contributed by atoms with Gasteiger partial charge in [-0.25, -0.2) is 0 Å². The van der Waals surface area contributed by atoms with Crippen LogP contribution in [0.5, 0.6) is 0 Å². The van der Waals surface area contributed by atoms with Gasteiger partial charge in [0, 0.05) is 18.2 Å². The van der Waals surface area contributed by atoms with E-state index >= 15 is 0 Å². The lowest BCUT2D eigenvalue weighted by molar-refractivity contribution is 0.142. The van der Waals surface area contributed by atoms with Gasteiger partial charge in [0.05, 0.1) is 18.2 Å². The summed E-state index contributed by atoms with van der Waals surface area (Å²) < 4.78 is 1.63. The Balaban J connectivity index is 2.21. The minimum Gasteiger partial charge on any atom is -0.390 e. The molecule has 2 rings (SSSR count). The molecule has 108 valence electrons. The van der Waals surface area contributed by atoms with Gasteiger partial charge in [0.2, 0.25) is 0 Å². The monoisotopic (exact) mass is 274 g/mol. The van der Waals surface area contributed by atoms with Gasteiger partial charge in [0.15, 0.2) is 0 Å². The Morgan fingerprint density at radius 2 is 1.90 bits per heavy atom. The number of para-hydroxylation sites is 1. The lowest BCUT2D eigenvalue weighted by Crippen LogP contribution is -2.42. The third-order valence-corrected chi connectivity index (χ3v) is 3.16. The fourth-order valence-corrected chi connectivity index (χ4v) is 2.13. The summed E-state index contributed by atoms with van der Waals surface area (Å²) in [5.74, 6) is 0. The van der Waals surface area contributed by atoms with Gasteiger partial charge in [0.25, 0.3) is 5.56 Å². The molecule has 4 heteroatoms. The Labute approximate surface area is 119 Å². The molecular weight excluding hydrogens is 252 g/mol. The Morgan fingerprint density at radius 1 is 1.20 bits per heavy atom. The predicted molar refractivity (Wildman–Crippen MR) is 82.0 cm³/mol. The average Bonchev–Trinajstić information content (AvgIpc) is 2.39. The van der Waals surface area contributed by atoms with Crippen molar-refractivity contribution in [3.8, 4) is 0 Å². The maximum absolute atomic E-state index is 12.0. The summed E-state index contributed by atoms with van der Waals surface area (Å²) in [7, 11) is 0. The summed E-state index contributed by atoms with van der Waals surface area (Å²) in [6, 6.07) is 11.1. The van der Waals surface area contributed by atoms with E-state index in [9.17, 15) is 9.90 Å². The molecule has 20 heavy (non-hydrogen) atoms. The number of aliphatic hydroxyl groups excluding tert-OH is 1. The average molecular weight is 274 g/mol. The molecule has 0 aliphatic rings. The fourth-order valence-electron chi connectivity index (χ4n) is 2.13. The first-order valence-electron chi connectivity index (χ1n) is 6.88. The maximum Gasteiger partial charge on any atom is 0.251 e. The van der Waals surface area contributed by atoms with Crippen LogP contribution in [0.3, 0.4) is 0 Å². The van der Waals surface area contributed by atoms with Gasteiger partial charge in [-0.2, -0.15) is 0 Å². The number of nitrogens with one attached hydrogen (secondary N) is 1. The van der Waals surface area contributed by atoms with E-state index in [1.807, 2.05) is 51.1 Å². The Bertz CT molecular complexity index is 641. The van der Waals surface area contributed by atoms with Crippen molar-refractivity contribution in [3.63, 3.8) is 0 Å². The lowest BCUT2D eigenvalue weighted by atomic mass is 10.1. The van der Waals surface area contributed by atoms with E-state index in [0.717, 1.165) is 10.9 Å². The molecule has 2 aromatic rings. The van der Waals surface area contributed by atoms with Crippen molar-refractivity contribution in [1.82, 2.24) is 9.88 Å². The molecule has 0 aliphatic carbocycles. The van der Waals surface area contributed by atoms with Gasteiger partial charge in [0.1, 0.15) is 0 Å². The molecule has 1 aromatic carbocycles. The van der Waals surface area contributed by atoms with Crippen LogP contribution >= 0.6 is 0 Å². The van der Waals surface area contributed by atoms with Crippen molar-refractivity contribution in [1.29, 1.82) is 0 Å². The second kappa shape index (κ2) is 5.77. The van der Waals surface area contributed by atoms with E-state index in [4.69, 9.17) is 0 Å². The fraction of sp³-hybridized carbons (Fsp3) is 0.438. The van der Waals surface area contributed by atoms with Crippen LogP contribution in [0.4, 0.5) is 0 Å². The largest absolute Gasteiger partial charge is 0.390 e. The zero-order valence-corrected chi connectivity index (χ0v) is 12.3. The molecule has 1 unspecified atom stereocenters. The van der Waals surface area contributed by atoms with Crippen molar-refractivity contribution in [3.05, 3.63) is 46.8 Å². The zero-order valence-electron chi connectivity index (χ0n) is 12.3. The molecule has 4 nitrogen and oxygen atoms in total. The van der Waals surface area contributed by atoms with Crippen molar-refractivity contribution in [2.75, 3.05) is 6.54 Å². The van der Waals surface area contributed by atoms with E-state index < -0.39 is 6.10 Å². The van der Waals surface area contributed by atoms with Crippen LogP contribution in [0.1, 0.15) is 20.8 Å². The van der Waals surface area contributed by atoms with Crippen molar-refractivity contribution in [2.45, 2.75) is 39.0 Å². The van der Waals surface area contributed by atoms with Crippen molar-refractivity contribution >= 4 is 10.9 Å². The summed E-state index contributed by atoms with van der Waals surface area (Å²) in [6.45, 7) is 6.89. The normalized spacial score (nSPS) is 13.6. The molecule has 0 saturated heterocycles. The predicted octanol–water partition coefficient (Wildman–Crippen LogP) is 1.75. The third-order valence-electron chi connectivity index (χ3n) is 3.16. The van der Waals surface area contributed by atoms with Gasteiger partial charge in [-0.05, 0) is 38.3 Å². The maximum atomic E-state index is 12.0. The first kappa shape index (κ1) is 14.8. The molecule has 1 atom stereocenters. The van der Waals surface area contributed by atoms with E-state index in [1.165, 1.54) is 0 Å². The topological polar surface area (TPSA) is 54.3 Å². The van der Waals surface area contributed by atoms with Gasteiger partial charge >= 0.3 is 0 Å². The van der Waals surface area contributed by atoms with Gasteiger partial charge in [-0.15, -0.1) is 0 Å². The van der Waals surface area contributed by atoms with Gasteiger partial charge < -0.3 is 15.0 Å². The highest BCUT2D eigenvalue weighted by atomic mass is 16.3. The summed E-state index contributed by atoms with van der Waals surface area (Å²) in [5, 5.41) is 14.4. The molecule has 0 spiro atoms. The number of aromatic nitrogens is 1. The Kier molecular flexibility index (Phi) is 4.26. The number of fused-ring (bicyclic) bond motifs is 1. The van der Waals surface area contributed by atoms with Crippen LogP contribution in [0, 0.1) is 0 Å². The third kappa shape index (κ3) is 3.68. The molecule has 2 N–H and O–H groups in total. The molecule has 0 fully saturated rings.